The lowest BCUT2D eigenvalue weighted by Gasteiger charge is -2.56. The number of hydrogen-bond acceptors (Lipinski definition) is 5. The van der Waals surface area contributed by atoms with E-state index in [4.69, 9.17) is 0 Å². The summed E-state index contributed by atoms with van der Waals surface area (Å²) in [5.41, 5.74) is 0.298. The van der Waals surface area contributed by atoms with Crippen LogP contribution in [-0.2, 0) is 19.4 Å². The summed E-state index contributed by atoms with van der Waals surface area (Å²) in [6, 6.07) is -0.426. The largest absolute Gasteiger partial charge is 0.345 e. The molecule has 2 amide bonds. The first-order chi connectivity index (χ1) is 12.8. The molecule has 2 aliphatic heterocycles. The van der Waals surface area contributed by atoms with Gasteiger partial charge in [-0.05, 0) is 62.7 Å². The Balaban J connectivity index is 1.32. The number of amides is 2. The molecule has 5 fully saturated rings. The Bertz CT molecular complexity index is 784. The van der Waals surface area contributed by atoms with Gasteiger partial charge in [0.1, 0.15) is 5.71 Å². The van der Waals surface area contributed by atoms with Crippen molar-refractivity contribution in [3.05, 3.63) is 0 Å². The number of hydrogen-bond donors (Lipinski definition) is 1. The summed E-state index contributed by atoms with van der Waals surface area (Å²) in [7, 11) is -3.11. The maximum atomic E-state index is 13.0. The van der Waals surface area contributed by atoms with Crippen molar-refractivity contribution in [2.24, 2.45) is 22.9 Å². The van der Waals surface area contributed by atoms with Gasteiger partial charge in [0.2, 0.25) is 5.91 Å². The molecule has 4 saturated carbocycles. The smallest absolute Gasteiger partial charge is 0.267 e. The maximum Gasteiger partial charge on any atom is 0.267 e. The summed E-state index contributed by atoms with van der Waals surface area (Å²) < 4.78 is 23.5. The van der Waals surface area contributed by atoms with E-state index in [1.807, 2.05) is 0 Å². The molecule has 6 aliphatic rings. The number of rotatable bonds is 3. The SMILES string of the molecule is O=C(NC12CC3CC(CC(C3)C1)C2)C1=NN(C2CCS(=O)(=O)C2)C(=O)CC1. The van der Waals surface area contributed by atoms with Gasteiger partial charge < -0.3 is 5.32 Å². The van der Waals surface area contributed by atoms with E-state index < -0.39 is 15.9 Å². The van der Waals surface area contributed by atoms with Crippen LogP contribution in [0.1, 0.15) is 57.8 Å². The number of nitrogens with zero attached hydrogens (tertiary/aromatic N) is 2. The van der Waals surface area contributed by atoms with Crippen LogP contribution < -0.4 is 5.32 Å². The van der Waals surface area contributed by atoms with Gasteiger partial charge in [0, 0.05) is 18.4 Å². The molecule has 6 rings (SSSR count). The van der Waals surface area contributed by atoms with Crippen molar-refractivity contribution in [2.45, 2.75) is 69.4 Å². The van der Waals surface area contributed by atoms with E-state index in [1.54, 1.807) is 0 Å². The summed E-state index contributed by atoms with van der Waals surface area (Å²) in [5, 5.41) is 8.92. The second kappa shape index (κ2) is 6.03. The first-order valence-corrected chi connectivity index (χ1v) is 12.1. The van der Waals surface area contributed by atoms with Crippen molar-refractivity contribution < 1.29 is 18.0 Å². The monoisotopic (exact) mass is 393 g/mol. The number of carbonyl (C=O) groups excluding carboxylic acids is 2. The van der Waals surface area contributed by atoms with Gasteiger partial charge in [-0.1, -0.05) is 0 Å². The van der Waals surface area contributed by atoms with E-state index in [0.29, 0.717) is 18.6 Å². The molecular weight excluding hydrogens is 366 g/mol. The quantitative estimate of drug-likeness (QED) is 0.780. The molecule has 0 aromatic heterocycles. The van der Waals surface area contributed by atoms with Crippen LogP contribution >= 0.6 is 0 Å². The van der Waals surface area contributed by atoms with Gasteiger partial charge >= 0.3 is 0 Å². The number of hydrazone groups is 1. The minimum atomic E-state index is -3.11. The van der Waals surface area contributed by atoms with Crippen molar-refractivity contribution in [1.29, 1.82) is 0 Å². The molecule has 1 atom stereocenters. The Morgan fingerprint density at radius 3 is 2.26 bits per heavy atom. The fraction of sp³-hybridized carbons (Fsp3) is 0.842. The van der Waals surface area contributed by atoms with Gasteiger partial charge in [-0.25, -0.2) is 13.4 Å². The van der Waals surface area contributed by atoms with Crippen LogP contribution in [0.2, 0.25) is 0 Å². The molecule has 148 valence electrons. The predicted molar refractivity (Wildman–Crippen MR) is 99.6 cm³/mol. The van der Waals surface area contributed by atoms with Crippen molar-refractivity contribution in [2.75, 3.05) is 11.5 Å². The number of nitrogens with one attached hydrogen (secondary N) is 1. The van der Waals surface area contributed by atoms with Crippen molar-refractivity contribution in [3.8, 4) is 0 Å². The normalized spacial score (nSPS) is 42.3. The molecule has 4 bridgehead atoms. The fourth-order valence-electron chi connectivity index (χ4n) is 6.56. The first-order valence-electron chi connectivity index (χ1n) is 10.2. The van der Waals surface area contributed by atoms with Crippen molar-refractivity contribution >= 4 is 27.4 Å². The topological polar surface area (TPSA) is 95.9 Å². The molecule has 7 nitrogen and oxygen atoms in total. The summed E-state index contributed by atoms with van der Waals surface area (Å²) in [6.07, 6.45) is 8.13. The molecule has 0 aromatic carbocycles. The zero-order chi connectivity index (χ0) is 18.8. The van der Waals surface area contributed by atoms with E-state index >= 15 is 0 Å². The third kappa shape index (κ3) is 3.19. The standard InChI is InChI=1S/C19H27N3O4S/c23-17-2-1-16(21-22(17)15-3-4-27(25,26)11-15)18(24)20-19-8-12-5-13(9-19)7-14(6-12)10-19/h12-15H,1-11H2,(H,20,24). The zero-order valence-electron chi connectivity index (χ0n) is 15.5. The molecular formula is C19H27N3O4S. The second-order valence-corrected chi connectivity index (χ2v) is 11.7. The van der Waals surface area contributed by atoms with Crippen LogP contribution in [0.4, 0.5) is 0 Å². The molecule has 0 spiro atoms. The highest BCUT2D eigenvalue weighted by molar-refractivity contribution is 7.91. The summed E-state index contributed by atoms with van der Waals surface area (Å²) in [5.74, 6) is 1.93. The average Bonchev–Trinajstić information content (AvgIpc) is 2.93. The fourth-order valence-corrected chi connectivity index (χ4v) is 8.26. The van der Waals surface area contributed by atoms with E-state index in [-0.39, 0.29) is 35.3 Å². The minimum Gasteiger partial charge on any atom is -0.345 e. The zero-order valence-corrected chi connectivity index (χ0v) is 16.3. The minimum absolute atomic E-state index is 0.0495. The molecule has 2 heterocycles. The Labute approximate surface area is 159 Å². The lowest BCUT2D eigenvalue weighted by atomic mass is 9.53. The average molecular weight is 394 g/mol. The highest BCUT2D eigenvalue weighted by atomic mass is 32.2. The third-order valence-corrected chi connectivity index (χ3v) is 9.04. The molecule has 27 heavy (non-hydrogen) atoms. The van der Waals surface area contributed by atoms with Crippen LogP contribution in [-0.4, -0.2) is 54.0 Å². The van der Waals surface area contributed by atoms with Gasteiger partial charge in [0.25, 0.3) is 5.91 Å². The van der Waals surface area contributed by atoms with Crippen LogP contribution in [0.25, 0.3) is 0 Å². The molecule has 1 saturated heterocycles. The second-order valence-electron chi connectivity index (χ2n) is 9.49. The Hall–Kier alpha value is -1.44. The van der Waals surface area contributed by atoms with Gasteiger partial charge in [0.15, 0.2) is 9.84 Å². The Kier molecular flexibility index (Phi) is 3.94. The van der Waals surface area contributed by atoms with E-state index in [9.17, 15) is 18.0 Å². The van der Waals surface area contributed by atoms with Crippen molar-refractivity contribution in [3.63, 3.8) is 0 Å². The highest BCUT2D eigenvalue weighted by Crippen LogP contribution is 2.55. The van der Waals surface area contributed by atoms with Crippen LogP contribution in [0.3, 0.4) is 0 Å². The molecule has 0 radical (unpaired) electrons. The maximum absolute atomic E-state index is 13.0. The molecule has 1 unspecified atom stereocenters. The Morgan fingerprint density at radius 1 is 1.07 bits per heavy atom. The Morgan fingerprint density at radius 2 is 1.70 bits per heavy atom. The molecule has 0 aromatic rings. The van der Waals surface area contributed by atoms with Crippen LogP contribution in [0, 0.1) is 17.8 Å². The van der Waals surface area contributed by atoms with Gasteiger partial charge in [-0.3, -0.25) is 9.59 Å². The highest BCUT2D eigenvalue weighted by Gasteiger charge is 2.52. The molecule has 1 N–H and O–H groups in total. The first kappa shape index (κ1) is 17.6. The summed E-state index contributed by atoms with van der Waals surface area (Å²) in [6.45, 7) is 0. The number of sulfone groups is 1. The number of carbonyl (C=O) groups is 2. The predicted octanol–water partition coefficient (Wildman–Crippen LogP) is 1.24. The van der Waals surface area contributed by atoms with Crippen LogP contribution in [0.15, 0.2) is 5.10 Å². The molecule has 4 aliphatic carbocycles. The van der Waals surface area contributed by atoms with E-state index in [1.165, 1.54) is 24.3 Å². The lowest BCUT2D eigenvalue weighted by Crippen LogP contribution is -2.61. The van der Waals surface area contributed by atoms with E-state index in [0.717, 1.165) is 37.0 Å². The van der Waals surface area contributed by atoms with E-state index in [2.05, 4.69) is 10.4 Å². The van der Waals surface area contributed by atoms with Crippen molar-refractivity contribution in [1.82, 2.24) is 10.3 Å². The van der Waals surface area contributed by atoms with Crippen LogP contribution in [0.5, 0.6) is 0 Å². The van der Waals surface area contributed by atoms with Gasteiger partial charge in [-0.15, -0.1) is 0 Å². The summed E-state index contributed by atoms with van der Waals surface area (Å²) in [4.78, 5) is 25.2. The summed E-state index contributed by atoms with van der Waals surface area (Å²) >= 11 is 0. The lowest BCUT2D eigenvalue weighted by molar-refractivity contribution is -0.133. The van der Waals surface area contributed by atoms with Gasteiger partial charge in [0.05, 0.1) is 17.5 Å². The molecule has 8 heteroatoms. The third-order valence-electron chi connectivity index (χ3n) is 7.29. The van der Waals surface area contributed by atoms with Gasteiger partial charge in [-0.2, -0.15) is 5.10 Å².